The van der Waals surface area contributed by atoms with E-state index in [1.54, 1.807) is 4.68 Å². The summed E-state index contributed by atoms with van der Waals surface area (Å²) in [5.74, 6) is 0.902. The fourth-order valence-corrected chi connectivity index (χ4v) is 4.45. The number of carbonyl (C=O) groups excluding carboxylic acids is 1. The Morgan fingerprint density at radius 3 is 2.39 bits per heavy atom. The molecule has 31 heavy (non-hydrogen) atoms. The van der Waals surface area contributed by atoms with Crippen LogP contribution >= 0.6 is 0 Å². The smallest absolute Gasteiger partial charge is 0.272 e. The van der Waals surface area contributed by atoms with Crippen molar-refractivity contribution in [1.82, 2.24) is 14.7 Å². The molecule has 1 spiro atoms. The Labute approximate surface area is 181 Å². The number of piperidine rings is 1. The molecule has 0 radical (unpaired) electrons. The van der Waals surface area contributed by atoms with E-state index in [2.05, 4.69) is 13.0 Å². The number of likely N-dealkylation sites (tertiary alicyclic amines) is 1. The van der Waals surface area contributed by atoms with Gasteiger partial charge < -0.3 is 18.8 Å². The molecule has 2 aliphatic heterocycles. The van der Waals surface area contributed by atoms with Gasteiger partial charge >= 0.3 is 0 Å². The molecule has 2 fully saturated rings. The van der Waals surface area contributed by atoms with E-state index < -0.39 is 5.79 Å². The molecule has 0 saturated carbocycles. The summed E-state index contributed by atoms with van der Waals surface area (Å²) in [6.45, 7) is 8.42. The Hall–Kier alpha value is -2.90. The summed E-state index contributed by atoms with van der Waals surface area (Å²) >= 11 is 0. The topological polar surface area (TPSA) is 69.7 Å². The van der Waals surface area contributed by atoms with Crippen LogP contribution in [-0.2, 0) is 9.47 Å². The molecule has 3 aromatic rings. The highest BCUT2D eigenvalue weighted by Crippen LogP contribution is 2.32. The standard InChI is InChI=1S/C24H27N3O4/c1-16-4-6-20(17(2)14-16)27-21(15-19(25-27)22-7-5-18(3)31-22)23(28)26-10-8-24(9-11-26)29-12-13-30-24/h4-7,14-15H,8-13H2,1-3H3. The maximum absolute atomic E-state index is 13.6. The predicted octanol–water partition coefficient (Wildman–Crippen LogP) is 4.04. The minimum Gasteiger partial charge on any atom is -0.460 e. The number of hydrogen-bond donors (Lipinski definition) is 0. The molecule has 1 amide bonds. The largest absolute Gasteiger partial charge is 0.460 e. The molecule has 0 atom stereocenters. The van der Waals surface area contributed by atoms with E-state index in [-0.39, 0.29) is 5.91 Å². The molecule has 162 valence electrons. The second-order valence-electron chi connectivity index (χ2n) is 8.43. The maximum atomic E-state index is 13.6. The minimum absolute atomic E-state index is 0.0464. The van der Waals surface area contributed by atoms with Gasteiger partial charge in [0, 0.05) is 32.0 Å². The molecule has 5 rings (SSSR count). The van der Waals surface area contributed by atoms with E-state index in [0.717, 1.165) is 17.0 Å². The van der Waals surface area contributed by atoms with E-state index in [0.29, 0.717) is 56.3 Å². The fourth-order valence-electron chi connectivity index (χ4n) is 4.45. The second-order valence-corrected chi connectivity index (χ2v) is 8.43. The van der Waals surface area contributed by atoms with Gasteiger partial charge in [-0.2, -0.15) is 5.10 Å². The third-order valence-corrected chi connectivity index (χ3v) is 6.13. The molecule has 0 aliphatic carbocycles. The van der Waals surface area contributed by atoms with Gasteiger partial charge in [-0.05, 0) is 44.5 Å². The Morgan fingerprint density at radius 1 is 1.00 bits per heavy atom. The van der Waals surface area contributed by atoms with E-state index in [1.807, 2.05) is 49.1 Å². The number of aromatic nitrogens is 2. The van der Waals surface area contributed by atoms with E-state index in [9.17, 15) is 4.79 Å². The number of rotatable bonds is 3. The number of furan rings is 1. The summed E-state index contributed by atoms with van der Waals surface area (Å²) in [7, 11) is 0. The van der Waals surface area contributed by atoms with Crippen molar-refractivity contribution in [3.63, 3.8) is 0 Å². The van der Waals surface area contributed by atoms with Crippen LogP contribution in [0, 0.1) is 20.8 Å². The number of carbonyl (C=O) groups is 1. The van der Waals surface area contributed by atoms with Crippen molar-refractivity contribution < 1.29 is 18.7 Å². The molecule has 0 N–H and O–H groups in total. The van der Waals surface area contributed by atoms with Crippen molar-refractivity contribution in [1.29, 1.82) is 0 Å². The zero-order valence-corrected chi connectivity index (χ0v) is 18.2. The van der Waals surface area contributed by atoms with Crippen molar-refractivity contribution >= 4 is 5.91 Å². The highest BCUT2D eigenvalue weighted by molar-refractivity contribution is 5.94. The van der Waals surface area contributed by atoms with Gasteiger partial charge in [0.05, 0.1) is 18.9 Å². The summed E-state index contributed by atoms with van der Waals surface area (Å²) in [5, 5.41) is 4.77. The van der Waals surface area contributed by atoms with Gasteiger partial charge in [-0.15, -0.1) is 0 Å². The molecular formula is C24H27N3O4. The summed E-state index contributed by atoms with van der Waals surface area (Å²) in [6.07, 6.45) is 1.36. The number of nitrogens with zero attached hydrogens (tertiary/aromatic N) is 3. The summed E-state index contributed by atoms with van der Waals surface area (Å²) in [4.78, 5) is 15.4. The van der Waals surface area contributed by atoms with Crippen LogP contribution in [0.2, 0.25) is 0 Å². The molecule has 4 heterocycles. The number of amides is 1. The zero-order valence-electron chi connectivity index (χ0n) is 18.2. The average molecular weight is 421 g/mol. The molecule has 2 aliphatic rings. The molecule has 0 bridgehead atoms. The minimum atomic E-state index is -0.512. The second kappa shape index (κ2) is 7.66. The van der Waals surface area contributed by atoms with Crippen LogP contribution in [0.3, 0.4) is 0 Å². The lowest BCUT2D eigenvalue weighted by molar-refractivity contribution is -0.181. The van der Waals surface area contributed by atoms with Crippen LogP contribution in [0.15, 0.2) is 40.8 Å². The Bertz CT molecular complexity index is 1110. The first-order chi connectivity index (χ1) is 14.9. The Morgan fingerprint density at radius 2 is 1.74 bits per heavy atom. The van der Waals surface area contributed by atoms with Crippen LogP contribution in [0.25, 0.3) is 17.1 Å². The first kappa shape index (κ1) is 20.0. The highest BCUT2D eigenvalue weighted by atomic mass is 16.7. The van der Waals surface area contributed by atoms with Gasteiger partial charge in [0.1, 0.15) is 17.1 Å². The highest BCUT2D eigenvalue weighted by Gasteiger charge is 2.41. The van der Waals surface area contributed by atoms with Crippen LogP contribution in [-0.4, -0.2) is 52.7 Å². The van der Waals surface area contributed by atoms with Crippen molar-refractivity contribution in [3.8, 4) is 17.1 Å². The van der Waals surface area contributed by atoms with Crippen molar-refractivity contribution in [3.05, 3.63) is 59.0 Å². The number of ether oxygens (including phenoxy) is 2. The average Bonchev–Trinajstić information content (AvgIpc) is 3.48. The number of benzene rings is 1. The molecule has 0 unspecified atom stereocenters. The Kier molecular flexibility index (Phi) is 4.95. The van der Waals surface area contributed by atoms with Gasteiger partial charge in [-0.25, -0.2) is 4.68 Å². The predicted molar refractivity (Wildman–Crippen MR) is 115 cm³/mol. The van der Waals surface area contributed by atoms with E-state index in [4.69, 9.17) is 19.0 Å². The van der Waals surface area contributed by atoms with Crippen LogP contribution in [0.4, 0.5) is 0 Å². The summed E-state index contributed by atoms with van der Waals surface area (Å²) in [6, 6.07) is 11.8. The first-order valence-electron chi connectivity index (χ1n) is 10.8. The fraction of sp³-hybridized carbons (Fsp3) is 0.417. The SMILES string of the molecule is Cc1ccc(-n2nc(-c3ccc(C)o3)cc2C(=O)N2CCC3(CC2)OCCO3)c(C)c1. The third kappa shape index (κ3) is 3.68. The summed E-state index contributed by atoms with van der Waals surface area (Å²) < 4.78 is 19.1. The molecule has 7 nitrogen and oxygen atoms in total. The lowest BCUT2D eigenvalue weighted by Crippen LogP contribution is -2.47. The van der Waals surface area contributed by atoms with Crippen molar-refractivity contribution in [2.45, 2.75) is 39.4 Å². The molecule has 1 aromatic carbocycles. The third-order valence-electron chi connectivity index (χ3n) is 6.13. The number of aryl methyl sites for hydroxylation is 3. The van der Waals surface area contributed by atoms with Crippen LogP contribution < -0.4 is 0 Å². The van der Waals surface area contributed by atoms with Crippen LogP contribution in [0.1, 0.15) is 40.2 Å². The molecule has 2 aromatic heterocycles. The molecule has 7 heteroatoms. The first-order valence-corrected chi connectivity index (χ1v) is 10.8. The zero-order chi connectivity index (χ0) is 21.6. The van der Waals surface area contributed by atoms with Gasteiger partial charge in [0.2, 0.25) is 0 Å². The van der Waals surface area contributed by atoms with Gasteiger partial charge in [0.15, 0.2) is 11.5 Å². The van der Waals surface area contributed by atoms with Crippen LogP contribution in [0.5, 0.6) is 0 Å². The molecular weight excluding hydrogens is 394 g/mol. The maximum Gasteiger partial charge on any atom is 0.272 e. The normalized spacial score (nSPS) is 18.1. The monoisotopic (exact) mass is 421 g/mol. The summed E-state index contributed by atoms with van der Waals surface area (Å²) in [5.41, 5.74) is 4.29. The molecule has 2 saturated heterocycles. The lowest BCUT2D eigenvalue weighted by atomic mass is 10.0. The Balaban J connectivity index is 1.50. The quantitative estimate of drug-likeness (QED) is 0.638. The van der Waals surface area contributed by atoms with Gasteiger partial charge in [-0.3, -0.25) is 4.79 Å². The van der Waals surface area contributed by atoms with Gasteiger partial charge in [0.25, 0.3) is 5.91 Å². The van der Waals surface area contributed by atoms with Crippen molar-refractivity contribution in [2.24, 2.45) is 0 Å². The lowest BCUT2D eigenvalue weighted by Gasteiger charge is -2.37. The van der Waals surface area contributed by atoms with E-state index in [1.165, 1.54) is 5.56 Å². The van der Waals surface area contributed by atoms with Crippen molar-refractivity contribution in [2.75, 3.05) is 26.3 Å². The van der Waals surface area contributed by atoms with Gasteiger partial charge in [-0.1, -0.05) is 17.7 Å². The van der Waals surface area contributed by atoms with E-state index >= 15 is 0 Å². The number of hydrogen-bond acceptors (Lipinski definition) is 5.